The van der Waals surface area contributed by atoms with E-state index in [2.05, 4.69) is 18.8 Å². The fourth-order valence-corrected chi connectivity index (χ4v) is 2.02. The molecule has 0 saturated carbocycles. The second-order valence-corrected chi connectivity index (χ2v) is 4.77. The summed E-state index contributed by atoms with van der Waals surface area (Å²) < 4.78 is 0. The molecule has 0 aliphatic rings. The maximum absolute atomic E-state index is 9.41. The van der Waals surface area contributed by atoms with Crippen LogP contribution in [0.4, 0.5) is 0 Å². The molecule has 0 aromatic carbocycles. The van der Waals surface area contributed by atoms with Crippen molar-refractivity contribution in [1.29, 1.82) is 0 Å². The lowest BCUT2D eigenvalue weighted by Gasteiger charge is -2.27. The summed E-state index contributed by atoms with van der Waals surface area (Å²) >= 11 is 6.04. The number of nitrogens with zero attached hydrogens (tertiary/aromatic N) is 1. The van der Waals surface area contributed by atoms with Gasteiger partial charge < -0.3 is 5.11 Å². The number of aliphatic hydroxyl groups is 1. The summed E-state index contributed by atoms with van der Waals surface area (Å²) in [5.41, 5.74) is 0.997. The minimum Gasteiger partial charge on any atom is -0.396 e. The minimum absolute atomic E-state index is 0.0697. The van der Waals surface area contributed by atoms with E-state index >= 15 is 0 Å². The zero-order chi connectivity index (χ0) is 11.3. The second-order valence-electron chi connectivity index (χ2n) is 4.36. The highest BCUT2D eigenvalue weighted by molar-refractivity contribution is 6.31. The van der Waals surface area contributed by atoms with E-state index in [0.717, 1.165) is 24.8 Å². The first-order valence-electron chi connectivity index (χ1n) is 5.30. The summed E-state index contributed by atoms with van der Waals surface area (Å²) in [5.74, 6) is 0. The summed E-state index contributed by atoms with van der Waals surface area (Å²) in [6.45, 7) is 4.41. The van der Waals surface area contributed by atoms with Crippen molar-refractivity contribution in [3.63, 3.8) is 0 Å². The van der Waals surface area contributed by atoms with Crippen LogP contribution in [-0.4, -0.2) is 16.7 Å². The Morgan fingerprint density at radius 3 is 2.80 bits per heavy atom. The highest BCUT2D eigenvalue weighted by Crippen LogP contribution is 2.30. The molecular weight excluding hydrogens is 210 g/mol. The molecule has 84 valence electrons. The van der Waals surface area contributed by atoms with Crippen LogP contribution in [0.1, 0.15) is 32.3 Å². The molecule has 2 nitrogen and oxygen atoms in total. The third-order valence-corrected chi connectivity index (χ3v) is 3.05. The van der Waals surface area contributed by atoms with Crippen molar-refractivity contribution in [2.75, 3.05) is 6.61 Å². The maximum Gasteiger partial charge on any atom is 0.0621 e. The molecule has 0 amide bonds. The van der Waals surface area contributed by atoms with Gasteiger partial charge in [-0.3, -0.25) is 4.98 Å². The first kappa shape index (κ1) is 12.5. The topological polar surface area (TPSA) is 33.1 Å². The van der Waals surface area contributed by atoms with Crippen LogP contribution in [0.3, 0.4) is 0 Å². The molecule has 0 bridgehead atoms. The van der Waals surface area contributed by atoms with Crippen LogP contribution in [0.2, 0.25) is 5.02 Å². The minimum atomic E-state index is -0.0697. The van der Waals surface area contributed by atoms with Crippen molar-refractivity contribution >= 4 is 11.6 Å². The van der Waals surface area contributed by atoms with Gasteiger partial charge in [0, 0.05) is 19.0 Å². The van der Waals surface area contributed by atoms with Gasteiger partial charge in [-0.05, 0) is 29.9 Å². The Bertz CT molecular complexity index is 316. The first-order valence-corrected chi connectivity index (χ1v) is 5.68. The Kier molecular flexibility index (Phi) is 4.55. The van der Waals surface area contributed by atoms with E-state index in [-0.39, 0.29) is 12.0 Å². The lowest BCUT2D eigenvalue weighted by molar-refractivity contribution is 0.131. The molecule has 1 aromatic rings. The smallest absolute Gasteiger partial charge is 0.0621 e. The van der Waals surface area contributed by atoms with E-state index in [0.29, 0.717) is 5.02 Å². The SMILES string of the molecule is CCCC(C)(CO)Cc1ccncc1Cl. The van der Waals surface area contributed by atoms with Gasteiger partial charge >= 0.3 is 0 Å². The van der Waals surface area contributed by atoms with E-state index in [4.69, 9.17) is 11.6 Å². The molecule has 0 saturated heterocycles. The number of pyridine rings is 1. The monoisotopic (exact) mass is 227 g/mol. The van der Waals surface area contributed by atoms with Crippen LogP contribution < -0.4 is 0 Å². The molecule has 0 spiro atoms. The van der Waals surface area contributed by atoms with Gasteiger partial charge in [-0.15, -0.1) is 0 Å². The molecule has 0 fully saturated rings. The molecule has 3 heteroatoms. The van der Waals surface area contributed by atoms with Gasteiger partial charge in [0.2, 0.25) is 0 Å². The average Bonchev–Trinajstić information content (AvgIpc) is 2.22. The summed E-state index contributed by atoms with van der Waals surface area (Å²) in [6.07, 6.45) is 6.27. The Hall–Kier alpha value is -0.600. The lowest BCUT2D eigenvalue weighted by Crippen LogP contribution is -2.24. The second kappa shape index (κ2) is 5.47. The lowest BCUT2D eigenvalue weighted by atomic mass is 9.81. The normalized spacial score (nSPS) is 14.9. The van der Waals surface area contributed by atoms with Crippen molar-refractivity contribution in [2.45, 2.75) is 33.1 Å². The first-order chi connectivity index (χ1) is 7.11. The highest BCUT2D eigenvalue weighted by Gasteiger charge is 2.23. The molecule has 0 aliphatic heterocycles. The van der Waals surface area contributed by atoms with Gasteiger partial charge in [-0.2, -0.15) is 0 Å². The zero-order valence-electron chi connectivity index (χ0n) is 9.33. The van der Waals surface area contributed by atoms with Crippen molar-refractivity contribution in [1.82, 2.24) is 4.98 Å². The van der Waals surface area contributed by atoms with E-state index in [1.807, 2.05) is 6.07 Å². The predicted molar refractivity (Wildman–Crippen MR) is 63.1 cm³/mol. The van der Waals surface area contributed by atoms with Gasteiger partial charge in [0.15, 0.2) is 0 Å². The van der Waals surface area contributed by atoms with Crippen LogP contribution in [0.25, 0.3) is 0 Å². The summed E-state index contributed by atoms with van der Waals surface area (Å²) in [6, 6.07) is 1.92. The Labute approximate surface area is 96.3 Å². The fraction of sp³-hybridized carbons (Fsp3) is 0.583. The number of aliphatic hydroxyl groups excluding tert-OH is 1. The number of aromatic nitrogens is 1. The van der Waals surface area contributed by atoms with Gasteiger partial charge in [0.1, 0.15) is 0 Å². The van der Waals surface area contributed by atoms with Crippen LogP contribution in [0, 0.1) is 5.41 Å². The number of rotatable bonds is 5. The van der Waals surface area contributed by atoms with E-state index in [9.17, 15) is 5.11 Å². The maximum atomic E-state index is 9.41. The van der Waals surface area contributed by atoms with E-state index in [1.54, 1.807) is 12.4 Å². The Balaban J connectivity index is 2.79. The fourth-order valence-electron chi connectivity index (χ4n) is 1.83. The standard InChI is InChI=1S/C12H18ClNO/c1-3-5-12(2,9-15)7-10-4-6-14-8-11(10)13/h4,6,8,15H,3,5,7,9H2,1-2H3. The average molecular weight is 228 g/mol. The Morgan fingerprint density at radius 2 is 2.27 bits per heavy atom. The molecule has 1 atom stereocenters. The number of halogens is 1. The molecule has 1 heterocycles. The van der Waals surface area contributed by atoms with Crippen molar-refractivity contribution < 1.29 is 5.11 Å². The molecule has 1 aromatic heterocycles. The van der Waals surface area contributed by atoms with Crippen LogP contribution >= 0.6 is 11.6 Å². The predicted octanol–water partition coefficient (Wildman–Crippen LogP) is 3.08. The zero-order valence-corrected chi connectivity index (χ0v) is 10.1. The molecule has 1 rings (SSSR count). The van der Waals surface area contributed by atoms with E-state index < -0.39 is 0 Å². The summed E-state index contributed by atoms with van der Waals surface area (Å²) in [5, 5.41) is 10.1. The van der Waals surface area contributed by atoms with Crippen LogP contribution in [-0.2, 0) is 6.42 Å². The van der Waals surface area contributed by atoms with Crippen molar-refractivity contribution in [3.05, 3.63) is 29.0 Å². The molecule has 1 N–H and O–H groups in total. The van der Waals surface area contributed by atoms with Crippen molar-refractivity contribution in [3.8, 4) is 0 Å². The molecule has 0 radical (unpaired) electrons. The largest absolute Gasteiger partial charge is 0.396 e. The molecular formula is C12H18ClNO. The van der Waals surface area contributed by atoms with Gasteiger partial charge in [-0.25, -0.2) is 0 Å². The summed E-state index contributed by atoms with van der Waals surface area (Å²) in [7, 11) is 0. The van der Waals surface area contributed by atoms with E-state index in [1.165, 1.54) is 0 Å². The molecule has 1 unspecified atom stereocenters. The summed E-state index contributed by atoms with van der Waals surface area (Å²) in [4.78, 5) is 3.95. The molecule has 0 aliphatic carbocycles. The third-order valence-electron chi connectivity index (χ3n) is 2.71. The van der Waals surface area contributed by atoms with Gasteiger partial charge in [0.05, 0.1) is 5.02 Å². The Morgan fingerprint density at radius 1 is 1.53 bits per heavy atom. The number of hydrogen-bond donors (Lipinski definition) is 1. The van der Waals surface area contributed by atoms with Crippen LogP contribution in [0.15, 0.2) is 18.5 Å². The number of hydrogen-bond acceptors (Lipinski definition) is 2. The van der Waals surface area contributed by atoms with Gasteiger partial charge in [0.25, 0.3) is 0 Å². The van der Waals surface area contributed by atoms with Crippen molar-refractivity contribution in [2.24, 2.45) is 5.41 Å². The van der Waals surface area contributed by atoms with Crippen LogP contribution in [0.5, 0.6) is 0 Å². The quantitative estimate of drug-likeness (QED) is 0.839. The third kappa shape index (κ3) is 3.47. The molecule has 15 heavy (non-hydrogen) atoms. The highest BCUT2D eigenvalue weighted by atomic mass is 35.5. The van der Waals surface area contributed by atoms with Gasteiger partial charge in [-0.1, -0.05) is 31.9 Å².